The van der Waals surface area contributed by atoms with Crippen molar-refractivity contribution in [3.8, 4) is 11.5 Å². The number of aryl methyl sites for hydroxylation is 1. The molecule has 1 heterocycles. The molecule has 0 saturated heterocycles. The number of nitrogens with zero attached hydrogens (tertiary/aromatic N) is 1. The molecule has 0 aliphatic carbocycles. The number of ether oxygens (including phenoxy) is 2. The molecule has 0 saturated carbocycles. The second kappa shape index (κ2) is 8.98. The Morgan fingerprint density at radius 1 is 0.906 bits per heavy atom. The summed E-state index contributed by atoms with van der Waals surface area (Å²) < 4.78 is 10.4. The molecule has 0 aliphatic heterocycles. The van der Waals surface area contributed by atoms with Gasteiger partial charge in [0.15, 0.2) is 0 Å². The van der Waals surface area contributed by atoms with Crippen LogP contribution < -0.4 is 19.9 Å². The fourth-order valence-electron chi connectivity index (χ4n) is 3.65. The van der Waals surface area contributed by atoms with Crippen molar-refractivity contribution in [1.82, 2.24) is 4.98 Å². The monoisotopic (exact) mass is 428 g/mol. The maximum atomic E-state index is 13.5. The fraction of sp³-hybridized carbons (Fsp3) is 0.154. The van der Waals surface area contributed by atoms with Crippen LogP contribution in [-0.2, 0) is 6.54 Å². The summed E-state index contributed by atoms with van der Waals surface area (Å²) in [5, 5.41) is 0.922. The minimum Gasteiger partial charge on any atom is -0.497 e. The molecule has 32 heavy (non-hydrogen) atoms. The molecule has 1 amide bonds. The zero-order chi connectivity index (χ0) is 22.7. The topological polar surface area (TPSA) is 71.6 Å². The van der Waals surface area contributed by atoms with E-state index in [2.05, 4.69) is 4.98 Å². The third-order valence-corrected chi connectivity index (χ3v) is 5.46. The number of fused-ring (bicyclic) bond motifs is 1. The number of methoxy groups -OCH3 is 2. The first kappa shape index (κ1) is 21.2. The Labute approximate surface area is 186 Å². The van der Waals surface area contributed by atoms with Crippen LogP contribution in [0.1, 0.15) is 21.5 Å². The van der Waals surface area contributed by atoms with E-state index in [9.17, 15) is 9.59 Å². The maximum absolute atomic E-state index is 13.5. The van der Waals surface area contributed by atoms with Crippen molar-refractivity contribution < 1.29 is 14.3 Å². The number of hydrogen-bond acceptors (Lipinski definition) is 4. The van der Waals surface area contributed by atoms with Crippen molar-refractivity contribution in [2.24, 2.45) is 0 Å². The van der Waals surface area contributed by atoms with E-state index in [1.165, 1.54) is 0 Å². The minimum atomic E-state index is -0.221. The van der Waals surface area contributed by atoms with Crippen molar-refractivity contribution in [3.63, 3.8) is 0 Å². The fourth-order valence-corrected chi connectivity index (χ4v) is 3.65. The Hall–Kier alpha value is -4.06. The van der Waals surface area contributed by atoms with Gasteiger partial charge in [0.25, 0.3) is 11.5 Å². The van der Waals surface area contributed by atoms with Crippen molar-refractivity contribution >= 4 is 22.5 Å². The van der Waals surface area contributed by atoms with Crippen LogP contribution in [0.4, 0.5) is 5.69 Å². The van der Waals surface area contributed by atoms with Crippen molar-refractivity contribution in [3.05, 3.63) is 99.8 Å². The highest BCUT2D eigenvalue weighted by molar-refractivity contribution is 6.06. The summed E-state index contributed by atoms with van der Waals surface area (Å²) in [6.45, 7) is 2.07. The van der Waals surface area contributed by atoms with Gasteiger partial charge in [-0.15, -0.1) is 0 Å². The lowest BCUT2D eigenvalue weighted by Gasteiger charge is -2.23. The third-order valence-electron chi connectivity index (χ3n) is 5.46. The predicted octanol–water partition coefficient (Wildman–Crippen LogP) is 4.70. The molecule has 0 radical (unpaired) electrons. The SMILES string of the molecule is COc1ccc(C(=O)N(Cc2cc3cccc(C)c3[nH]c2=O)c2ccc(OC)cc2)cc1. The van der Waals surface area contributed by atoms with E-state index >= 15 is 0 Å². The van der Waals surface area contributed by atoms with Gasteiger partial charge in [0.05, 0.1) is 26.3 Å². The number of pyridine rings is 1. The van der Waals surface area contributed by atoms with Gasteiger partial charge < -0.3 is 19.4 Å². The second-order valence-corrected chi connectivity index (χ2v) is 7.48. The summed E-state index contributed by atoms with van der Waals surface area (Å²) in [7, 11) is 3.17. The number of rotatable bonds is 6. The highest BCUT2D eigenvalue weighted by Crippen LogP contribution is 2.24. The summed E-state index contributed by atoms with van der Waals surface area (Å²) in [5.74, 6) is 1.13. The Kier molecular flexibility index (Phi) is 5.94. The van der Waals surface area contributed by atoms with Crippen molar-refractivity contribution in [2.45, 2.75) is 13.5 Å². The van der Waals surface area contributed by atoms with E-state index in [-0.39, 0.29) is 18.0 Å². The number of carbonyl (C=O) groups excluding carboxylic acids is 1. The maximum Gasteiger partial charge on any atom is 0.258 e. The lowest BCUT2D eigenvalue weighted by atomic mass is 10.1. The third kappa shape index (κ3) is 4.21. The highest BCUT2D eigenvalue weighted by atomic mass is 16.5. The Balaban J connectivity index is 1.76. The van der Waals surface area contributed by atoms with Gasteiger partial charge in [0.2, 0.25) is 0 Å². The van der Waals surface area contributed by atoms with Gasteiger partial charge in [-0.05, 0) is 72.5 Å². The minimum absolute atomic E-state index is 0.121. The first-order valence-corrected chi connectivity index (χ1v) is 10.2. The molecule has 6 nitrogen and oxygen atoms in total. The van der Waals surface area contributed by atoms with Crippen molar-refractivity contribution in [1.29, 1.82) is 0 Å². The van der Waals surface area contributed by atoms with Crippen LogP contribution >= 0.6 is 0 Å². The average molecular weight is 428 g/mol. The number of benzene rings is 3. The molecule has 4 rings (SSSR count). The standard InChI is InChI=1S/C26H24N2O4/c1-17-5-4-6-19-15-20(25(29)27-24(17)19)16-28(21-9-13-23(32-3)14-10-21)26(30)18-7-11-22(31-2)12-8-18/h4-15H,16H2,1-3H3,(H,27,29). The molecule has 162 valence electrons. The van der Waals surface area contributed by atoms with Crippen LogP contribution in [0.2, 0.25) is 0 Å². The van der Waals surface area contributed by atoms with Crippen LogP contribution in [-0.4, -0.2) is 25.1 Å². The molecule has 1 aromatic heterocycles. The molecule has 0 aliphatic rings. The van der Waals surface area contributed by atoms with E-state index in [4.69, 9.17) is 9.47 Å². The summed E-state index contributed by atoms with van der Waals surface area (Å²) in [6.07, 6.45) is 0. The molecule has 0 spiro atoms. The zero-order valence-corrected chi connectivity index (χ0v) is 18.2. The van der Waals surface area contributed by atoms with Gasteiger partial charge in [-0.3, -0.25) is 9.59 Å². The molecule has 0 atom stereocenters. The quantitative estimate of drug-likeness (QED) is 0.483. The van der Waals surface area contributed by atoms with Crippen LogP contribution in [0.15, 0.2) is 77.6 Å². The van der Waals surface area contributed by atoms with E-state index in [1.54, 1.807) is 67.7 Å². The normalized spacial score (nSPS) is 10.7. The van der Waals surface area contributed by atoms with E-state index in [0.717, 1.165) is 16.5 Å². The lowest BCUT2D eigenvalue weighted by Crippen LogP contribution is -2.32. The number of nitrogens with one attached hydrogen (secondary N) is 1. The van der Waals surface area contributed by atoms with Crippen LogP contribution in [0, 0.1) is 6.92 Å². The number of carbonyl (C=O) groups is 1. The molecular weight excluding hydrogens is 404 g/mol. The van der Waals surface area contributed by atoms with E-state index in [0.29, 0.717) is 28.3 Å². The molecule has 6 heteroatoms. The lowest BCUT2D eigenvalue weighted by molar-refractivity contribution is 0.0985. The van der Waals surface area contributed by atoms with Gasteiger partial charge in [0, 0.05) is 16.8 Å². The van der Waals surface area contributed by atoms with E-state index < -0.39 is 0 Å². The van der Waals surface area contributed by atoms with Gasteiger partial charge in [0.1, 0.15) is 11.5 Å². The molecule has 0 bridgehead atoms. The van der Waals surface area contributed by atoms with Crippen LogP contribution in [0.5, 0.6) is 11.5 Å². The summed E-state index contributed by atoms with van der Waals surface area (Å²) in [5.41, 5.74) is 3.24. The number of aromatic nitrogens is 1. The number of amides is 1. The summed E-state index contributed by atoms with van der Waals surface area (Å²) in [6, 6.07) is 21.8. The van der Waals surface area contributed by atoms with Gasteiger partial charge in [-0.1, -0.05) is 18.2 Å². The largest absolute Gasteiger partial charge is 0.497 e. The zero-order valence-electron chi connectivity index (χ0n) is 18.2. The smallest absolute Gasteiger partial charge is 0.258 e. The predicted molar refractivity (Wildman–Crippen MR) is 126 cm³/mol. The first-order valence-electron chi connectivity index (χ1n) is 10.2. The molecule has 1 N–H and O–H groups in total. The van der Waals surface area contributed by atoms with Gasteiger partial charge in [-0.25, -0.2) is 0 Å². The second-order valence-electron chi connectivity index (χ2n) is 7.48. The Morgan fingerprint density at radius 2 is 1.53 bits per heavy atom. The highest BCUT2D eigenvalue weighted by Gasteiger charge is 2.20. The Bertz CT molecular complexity index is 1310. The average Bonchev–Trinajstić information content (AvgIpc) is 2.83. The number of H-pyrrole nitrogens is 1. The Morgan fingerprint density at radius 3 is 2.16 bits per heavy atom. The molecule has 0 fully saturated rings. The molecule has 0 unspecified atom stereocenters. The van der Waals surface area contributed by atoms with Crippen LogP contribution in [0.25, 0.3) is 10.9 Å². The number of para-hydroxylation sites is 1. The first-order chi connectivity index (χ1) is 15.5. The van der Waals surface area contributed by atoms with Gasteiger partial charge in [-0.2, -0.15) is 0 Å². The summed E-state index contributed by atoms with van der Waals surface area (Å²) in [4.78, 5) is 30.9. The van der Waals surface area contributed by atoms with Crippen molar-refractivity contribution in [2.75, 3.05) is 19.1 Å². The molecular formula is C26H24N2O4. The van der Waals surface area contributed by atoms with Gasteiger partial charge >= 0.3 is 0 Å². The number of aromatic amines is 1. The number of hydrogen-bond donors (Lipinski definition) is 1. The number of anilines is 1. The summed E-state index contributed by atoms with van der Waals surface area (Å²) >= 11 is 0. The molecule has 4 aromatic rings. The molecule has 3 aromatic carbocycles. The van der Waals surface area contributed by atoms with E-state index in [1.807, 2.05) is 31.2 Å². The van der Waals surface area contributed by atoms with Crippen LogP contribution in [0.3, 0.4) is 0 Å².